The smallest absolute Gasteiger partial charge is 0.185 e. The quantitative estimate of drug-likeness (QED) is 0.325. The van der Waals surface area contributed by atoms with Gasteiger partial charge in [0.25, 0.3) is 0 Å². The topological polar surface area (TPSA) is 66.5 Å². The van der Waals surface area contributed by atoms with Gasteiger partial charge in [-0.3, -0.25) is 0 Å². The maximum absolute atomic E-state index is 11.2. The number of phenols is 2. The highest BCUT2D eigenvalue weighted by Crippen LogP contribution is 2.20. The van der Waals surface area contributed by atoms with Crippen LogP contribution in [-0.2, 0) is 0 Å². The van der Waals surface area contributed by atoms with E-state index in [1.54, 1.807) is 13.8 Å². The van der Waals surface area contributed by atoms with Crippen molar-refractivity contribution >= 4 is 6.21 Å². The van der Waals surface area contributed by atoms with Crippen LogP contribution in [-0.4, -0.2) is 27.2 Å². The maximum atomic E-state index is 11.2. The summed E-state index contributed by atoms with van der Waals surface area (Å²) in [6.45, 7) is 3.50. The Balaban J connectivity index is 3.03. The number of hydrogen-bond acceptors (Lipinski definition) is 3. The molecule has 0 amide bonds. The van der Waals surface area contributed by atoms with Crippen molar-refractivity contribution in [3.05, 3.63) is 29.0 Å². The van der Waals surface area contributed by atoms with Crippen LogP contribution in [0.2, 0.25) is 0 Å². The van der Waals surface area contributed by atoms with Gasteiger partial charge in [0.2, 0.25) is 0 Å². The first-order valence-corrected chi connectivity index (χ1v) is 4.33. The molecule has 0 radical (unpaired) electrons. The molecule has 4 nitrogen and oxygen atoms in total. The second kappa shape index (κ2) is 4.00. The highest BCUT2D eigenvalue weighted by Gasteiger charge is 2.05. The van der Waals surface area contributed by atoms with Crippen LogP contribution in [0.25, 0.3) is 0 Å². The lowest BCUT2D eigenvalue weighted by atomic mass is 10.2. The van der Waals surface area contributed by atoms with E-state index < -0.39 is 0 Å². The van der Waals surface area contributed by atoms with Crippen LogP contribution in [0.4, 0.5) is 0 Å². The standard InChI is InChI=1S/C10H13NO3/c1-7(2)11(14)6-8-3-4-9(12)5-10(8)13/h3-7,12-13H,1-2H3. The van der Waals surface area contributed by atoms with Crippen molar-refractivity contribution < 1.29 is 15.0 Å². The Morgan fingerprint density at radius 3 is 2.50 bits per heavy atom. The molecule has 4 heteroatoms. The number of hydrogen-bond donors (Lipinski definition) is 2. The molecule has 1 aromatic carbocycles. The number of phenolic OH excluding ortho intramolecular Hbond substituents is 2. The molecule has 0 aliphatic heterocycles. The fourth-order valence-corrected chi connectivity index (χ4v) is 0.927. The number of aromatic hydroxyl groups is 2. The van der Waals surface area contributed by atoms with Crippen molar-refractivity contribution in [2.45, 2.75) is 19.9 Å². The van der Waals surface area contributed by atoms with E-state index in [2.05, 4.69) is 0 Å². The fraction of sp³-hybridized carbons (Fsp3) is 0.300. The summed E-state index contributed by atoms with van der Waals surface area (Å²) >= 11 is 0. The predicted molar refractivity (Wildman–Crippen MR) is 53.7 cm³/mol. The van der Waals surface area contributed by atoms with Gasteiger partial charge in [-0.2, -0.15) is 0 Å². The van der Waals surface area contributed by atoms with Crippen LogP contribution in [0.3, 0.4) is 0 Å². The number of nitrogens with zero attached hydrogens (tertiary/aromatic N) is 1. The van der Waals surface area contributed by atoms with Crippen LogP contribution in [0.1, 0.15) is 19.4 Å². The van der Waals surface area contributed by atoms with Crippen LogP contribution < -0.4 is 0 Å². The van der Waals surface area contributed by atoms with E-state index in [-0.39, 0.29) is 17.5 Å². The minimum atomic E-state index is -0.178. The van der Waals surface area contributed by atoms with E-state index in [0.29, 0.717) is 5.56 Å². The molecule has 0 aromatic heterocycles. The van der Waals surface area contributed by atoms with Gasteiger partial charge in [0.1, 0.15) is 11.5 Å². The van der Waals surface area contributed by atoms with Crippen molar-refractivity contribution in [2.75, 3.05) is 0 Å². The van der Waals surface area contributed by atoms with E-state index in [9.17, 15) is 10.3 Å². The summed E-state index contributed by atoms with van der Waals surface area (Å²) in [6.07, 6.45) is 1.29. The molecule has 0 fully saturated rings. The molecule has 0 saturated carbocycles. The molecule has 0 aliphatic carbocycles. The molecule has 0 spiro atoms. The van der Waals surface area contributed by atoms with Gasteiger partial charge in [-0.1, -0.05) is 0 Å². The molecule has 76 valence electrons. The van der Waals surface area contributed by atoms with E-state index >= 15 is 0 Å². The second-order valence-electron chi connectivity index (χ2n) is 3.33. The van der Waals surface area contributed by atoms with E-state index in [1.165, 1.54) is 24.4 Å². The van der Waals surface area contributed by atoms with E-state index in [0.717, 1.165) is 4.74 Å². The lowest BCUT2D eigenvalue weighted by Crippen LogP contribution is -2.14. The van der Waals surface area contributed by atoms with Crippen LogP contribution in [0, 0.1) is 5.21 Å². The summed E-state index contributed by atoms with van der Waals surface area (Å²) in [5.74, 6) is -0.131. The Hall–Kier alpha value is -1.71. The van der Waals surface area contributed by atoms with Gasteiger partial charge in [0.15, 0.2) is 12.3 Å². The highest BCUT2D eigenvalue weighted by molar-refractivity contribution is 5.80. The van der Waals surface area contributed by atoms with Gasteiger partial charge < -0.3 is 15.4 Å². The van der Waals surface area contributed by atoms with Gasteiger partial charge in [0, 0.05) is 6.07 Å². The summed E-state index contributed by atoms with van der Waals surface area (Å²) < 4.78 is 0.742. The van der Waals surface area contributed by atoms with E-state index in [1.807, 2.05) is 0 Å². The first-order chi connectivity index (χ1) is 6.50. The van der Waals surface area contributed by atoms with Gasteiger partial charge >= 0.3 is 0 Å². The monoisotopic (exact) mass is 195 g/mol. The Morgan fingerprint density at radius 2 is 2.00 bits per heavy atom. The summed E-state index contributed by atoms with van der Waals surface area (Å²) in [6, 6.07) is 3.92. The van der Waals surface area contributed by atoms with Crippen LogP contribution in [0.15, 0.2) is 18.2 Å². The predicted octanol–water partition coefficient (Wildman–Crippen LogP) is 1.44. The Labute approximate surface area is 82.3 Å². The van der Waals surface area contributed by atoms with Crippen molar-refractivity contribution in [3.63, 3.8) is 0 Å². The normalized spacial score (nSPS) is 12.1. The third kappa shape index (κ3) is 2.39. The third-order valence-corrected chi connectivity index (χ3v) is 1.79. The molecule has 0 unspecified atom stereocenters. The van der Waals surface area contributed by atoms with Gasteiger partial charge in [-0.15, -0.1) is 0 Å². The molecule has 1 aromatic rings. The highest BCUT2D eigenvalue weighted by atomic mass is 16.5. The van der Waals surface area contributed by atoms with Crippen LogP contribution >= 0.6 is 0 Å². The lowest BCUT2D eigenvalue weighted by Gasteiger charge is -2.07. The van der Waals surface area contributed by atoms with Gasteiger partial charge in [-0.25, -0.2) is 4.74 Å². The average molecular weight is 195 g/mol. The summed E-state index contributed by atoms with van der Waals surface area (Å²) in [7, 11) is 0. The molecule has 1 rings (SSSR count). The van der Waals surface area contributed by atoms with Crippen molar-refractivity contribution in [3.8, 4) is 11.5 Å². The molecular weight excluding hydrogens is 182 g/mol. The maximum Gasteiger partial charge on any atom is 0.185 e. The van der Waals surface area contributed by atoms with Gasteiger partial charge in [-0.05, 0) is 26.0 Å². The van der Waals surface area contributed by atoms with Crippen molar-refractivity contribution in [1.82, 2.24) is 0 Å². The first kappa shape index (κ1) is 10.4. The summed E-state index contributed by atoms with van der Waals surface area (Å²) in [5.41, 5.74) is 0.395. The third-order valence-electron chi connectivity index (χ3n) is 1.79. The van der Waals surface area contributed by atoms with E-state index in [4.69, 9.17) is 5.11 Å². The molecule has 0 aliphatic rings. The van der Waals surface area contributed by atoms with Crippen molar-refractivity contribution in [1.29, 1.82) is 0 Å². The molecule has 0 saturated heterocycles. The lowest BCUT2D eigenvalue weighted by molar-refractivity contribution is -0.487. The zero-order valence-corrected chi connectivity index (χ0v) is 8.14. The fourth-order valence-electron chi connectivity index (χ4n) is 0.927. The minimum absolute atomic E-state index is 0.0263. The largest absolute Gasteiger partial charge is 0.624 e. The Kier molecular flexibility index (Phi) is 2.96. The molecule has 14 heavy (non-hydrogen) atoms. The average Bonchev–Trinajstić information content (AvgIpc) is 2.09. The Morgan fingerprint density at radius 1 is 1.36 bits per heavy atom. The first-order valence-electron chi connectivity index (χ1n) is 4.33. The zero-order valence-electron chi connectivity index (χ0n) is 8.14. The SMILES string of the molecule is CC(C)[N+]([O-])=Cc1ccc(O)cc1O. The molecule has 2 N–H and O–H groups in total. The molecule has 0 atom stereocenters. The summed E-state index contributed by atoms with van der Waals surface area (Å²) in [4.78, 5) is 0. The number of hydroxylamine groups is 1. The number of benzene rings is 1. The zero-order chi connectivity index (χ0) is 10.7. The van der Waals surface area contributed by atoms with Crippen molar-refractivity contribution in [2.24, 2.45) is 0 Å². The minimum Gasteiger partial charge on any atom is -0.624 e. The molecular formula is C10H13NO3. The molecule has 0 bridgehead atoms. The second-order valence-corrected chi connectivity index (χ2v) is 3.33. The summed E-state index contributed by atoms with van der Waals surface area (Å²) in [5, 5.41) is 29.6. The molecule has 0 heterocycles. The van der Waals surface area contributed by atoms with Crippen LogP contribution in [0.5, 0.6) is 11.5 Å². The Bertz CT molecular complexity index is 358. The van der Waals surface area contributed by atoms with Gasteiger partial charge in [0.05, 0.1) is 5.56 Å². The number of rotatable bonds is 2.